The summed E-state index contributed by atoms with van der Waals surface area (Å²) in [5.74, 6) is 0.419. The second-order valence-electron chi connectivity index (χ2n) is 4.84. The molecule has 0 saturated heterocycles. The van der Waals surface area contributed by atoms with Crippen LogP contribution < -0.4 is 10.1 Å². The first-order valence-electron chi connectivity index (χ1n) is 6.55. The van der Waals surface area contributed by atoms with Gasteiger partial charge in [0.25, 0.3) is 0 Å². The Kier molecular flexibility index (Phi) is 6.04. The number of ether oxygens (including phenoxy) is 1. The third-order valence-electron chi connectivity index (χ3n) is 3.29. The van der Waals surface area contributed by atoms with Crippen molar-refractivity contribution in [1.29, 1.82) is 0 Å². The molecular weight excluding hydrogens is 301 g/mol. The van der Waals surface area contributed by atoms with E-state index in [2.05, 4.69) is 0 Å². The van der Waals surface area contributed by atoms with Crippen LogP contribution in [0.4, 0.5) is 18.0 Å². The molecule has 5 nitrogen and oxygen atoms in total. The van der Waals surface area contributed by atoms with Gasteiger partial charge in [-0.3, -0.25) is 0 Å². The quantitative estimate of drug-likeness (QED) is 0.875. The number of hydrogen-bond donors (Lipinski definition) is 2. The van der Waals surface area contributed by atoms with Gasteiger partial charge in [-0.15, -0.1) is 0 Å². The highest BCUT2D eigenvalue weighted by Crippen LogP contribution is 2.33. The predicted octanol–water partition coefficient (Wildman–Crippen LogP) is 2.32. The number of alkyl halides is 3. The monoisotopic (exact) mass is 320 g/mol. The van der Waals surface area contributed by atoms with E-state index in [1.165, 1.54) is 45.3 Å². The fourth-order valence-electron chi connectivity index (χ4n) is 1.70. The van der Waals surface area contributed by atoms with Crippen LogP contribution in [0.3, 0.4) is 0 Å². The molecule has 0 aliphatic rings. The minimum atomic E-state index is -4.65. The second-order valence-corrected chi connectivity index (χ2v) is 4.84. The van der Waals surface area contributed by atoms with Crippen LogP contribution in [-0.4, -0.2) is 49.0 Å². The number of methoxy groups -OCH3 is 1. The van der Waals surface area contributed by atoms with Gasteiger partial charge in [0.15, 0.2) is 6.04 Å². The van der Waals surface area contributed by atoms with Crippen molar-refractivity contribution >= 4 is 6.03 Å². The lowest BCUT2D eigenvalue weighted by Gasteiger charge is -2.28. The lowest BCUT2D eigenvalue weighted by atomic mass is 10.1. The van der Waals surface area contributed by atoms with Crippen molar-refractivity contribution in [2.45, 2.75) is 25.2 Å². The summed E-state index contributed by atoms with van der Waals surface area (Å²) in [5.41, 5.74) is -0.105. The molecule has 1 rings (SSSR count). The van der Waals surface area contributed by atoms with Crippen molar-refractivity contribution in [2.75, 3.05) is 20.8 Å². The third kappa shape index (κ3) is 4.52. The van der Waals surface area contributed by atoms with Crippen molar-refractivity contribution in [3.05, 3.63) is 29.8 Å². The highest BCUT2D eigenvalue weighted by molar-refractivity contribution is 5.75. The Labute approximate surface area is 126 Å². The highest BCUT2D eigenvalue weighted by Gasteiger charge is 2.42. The molecule has 8 heteroatoms. The fourth-order valence-corrected chi connectivity index (χ4v) is 1.70. The zero-order valence-electron chi connectivity index (χ0n) is 12.5. The molecule has 0 heterocycles. The van der Waals surface area contributed by atoms with Gasteiger partial charge in [-0.2, -0.15) is 13.2 Å². The largest absolute Gasteiger partial charge is 0.497 e. The molecule has 22 heavy (non-hydrogen) atoms. The topological polar surface area (TPSA) is 61.8 Å². The van der Waals surface area contributed by atoms with Gasteiger partial charge in [0.2, 0.25) is 0 Å². The number of nitrogens with one attached hydrogen (secondary N) is 1. The summed E-state index contributed by atoms with van der Waals surface area (Å²) in [7, 11) is 2.72. The lowest BCUT2D eigenvalue weighted by Crippen LogP contribution is -2.48. The van der Waals surface area contributed by atoms with E-state index >= 15 is 0 Å². The smallest absolute Gasteiger partial charge is 0.412 e. The van der Waals surface area contributed by atoms with E-state index in [0.717, 1.165) is 4.90 Å². The van der Waals surface area contributed by atoms with Crippen LogP contribution in [0.15, 0.2) is 24.3 Å². The SMILES string of the molecule is COc1ccc([C@@H](NC(=O)N(C)[C@H](C)CO)C(F)(F)F)cc1. The predicted molar refractivity (Wildman–Crippen MR) is 74.6 cm³/mol. The minimum absolute atomic E-state index is 0.105. The number of hydrogen-bond acceptors (Lipinski definition) is 3. The molecule has 0 aliphatic carbocycles. The van der Waals surface area contributed by atoms with E-state index in [4.69, 9.17) is 9.84 Å². The van der Waals surface area contributed by atoms with Crippen molar-refractivity contribution < 1.29 is 27.8 Å². The molecule has 0 fully saturated rings. The number of halogens is 3. The maximum absolute atomic E-state index is 13.2. The first-order chi connectivity index (χ1) is 10.2. The van der Waals surface area contributed by atoms with Crippen LogP contribution in [0.5, 0.6) is 5.75 Å². The number of carbonyl (C=O) groups is 1. The Hall–Kier alpha value is -1.96. The normalized spacial score (nSPS) is 14.1. The molecule has 0 spiro atoms. The van der Waals surface area contributed by atoms with Gasteiger partial charge in [-0.1, -0.05) is 12.1 Å². The second kappa shape index (κ2) is 7.35. The van der Waals surface area contributed by atoms with E-state index in [1.807, 2.05) is 5.32 Å². The fraction of sp³-hybridized carbons (Fsp3) is 0.500. The maximum Gasteiger partial charge on any atom is 0.412 e. The van der Waals surface area contributed by atoms with Gasteiger partial charge in [0, 0.05) is 7.05 Å². The van der Waals surface area contributed by atoms with E-state index in [9.17, 15) is 18.0 Å². The van der Waals surface area contributed by atoms with Crippen LogP contribution in [0.25, 0.3) is 0 Å². The van der Waals surface area contributed by atoms with Gasteiger partial charge >= 0.3 is 12.2 Å². The summed E-state index contributed by atoms with van der Waals surface area (Å²) < 4.78 is 44.4. The molecule has 0 saturated carbocycles. The summed E-state index contributed by atoms with van der Waals surface area (Å²) in [6.07, 6.45) is -4.65. The van der Waals surface area contributed by atoms with E-state index < -0.39 is 24.3 Å². The summed E-state index contributed by atoms with van der Waals surface area (Å²) >= 11 is 0. The van der Waals surface area contributed by atoms with E-state index in [-0.39, 0.29) is 12.2 Å². The van der Waals surface area contributed by atoms with Crippen molar-refractivity contribution in [3.63, 3.8) is 0 Å². The number of urea groups is 1. The molecule has 0 aromatic heterocycles. The Balaban J connectivity index is 2.96. The average molecular weight is 320 g/mol. The molecule has 2 atom stereocenters. The number of benzene rings is 1. The van der Waals surface area contributed by atoms with Crippen molar-refractivity contribution in [2.24, 2.45) is 0 Å². The number of carbonyl (C=O) groups excluding carboxylic acids is 1. The molecule has 2 amide bonds. The number of rotatable bonds is 5. The minimum Gasteiger partial charge on any atom is -0.497 e. The van der Waals surface area contributed by atoms with Crippen LogP contribution in [0.2, 0.25) is 0 Å². The molecule has 0 radical (unpaired) electrons. The molecule has 1 aromatic rings. The Morgan fingerprint density at radius 2 is 1.91 bits per heavy atom. The average Bonchev–Trinajstić information content (AvgIpc) is 2.49. The molecule has 124 valence electrons. The van der Waals surface area contributed by atoms with Crippen molar-refractivity contribution in [3.8, 4) is 5.75 Å². The highest BCUT2D eigenvalue weighted by atomic mass is 19.4. The third-order valence-corrected chi connectivity index (χ3v) is 3.29. The van der Waals surface area contributed by atoms with E-state index in [0.29, 0.717) is 5.75 Å². The van der Waals surface area contributed by atoms with Gasteiger partial charge in [-0.25, -0.2) is 4.79 Å². The van der Waals surface area contributed by atoms with Crippen LogP contribution in [-0.2, 0) is 0 Å². The van der Waals surface area contributed by atoms with Gasteiger partial charge < -0.3 is 20.1 Å². The Morgan fingerprint density at radius 3 is 2.32 bits per heavy atom. The molecule has 0 bridgehead atoms. The molecule has 2 N–H and O–H groups in total. The zero-order chi connectivity index (χ0) is 16.9. The number of aliphatic hydroxyl groups is 1. The summed E-state index contributed by atoms with van der Waals surface area (Å²) in [5, 5.41) is 10.9. The van der Waals surface area contributed by atoms with Gasteiger partial charge in [0.1, 0.15) is 5.75 Å². The molecule has 1 aromatic carbocycles. The first kappa shape index (κ1) is 18.1. The molecule has 0 unspecified atom stereocenters. The zero-order valence-corrected chi connectivity index (χ0v) is 12.5. The Bertz CT molecular complexity index is 491. The first-order valence-corrected chi connectivity index (χ1v) is 6.55. The summed E-state index contributed by atoms with van der Waals surface area (Å²) in [6, 6.07) is 1.61. The summed E-state index contributed by atoms with van der Waals surface area (Å²) in [6.45, 7) is 1.18. The number of nitrogens with zero attached hydrogens (tertiary/aromatic N) is 1. The van der Waals surface area contributed by atoms with Crippen LogP contribution in [0.1, 0.15) is 18.5 Å². The van der Waals surface area contributed by atoms with Crippen LogP contribution >= 0.6 is 0 Å². The van der Waals surface area contributed by atoms with Crippen molar-refractivity contribution in [1.82, 2.24) is 10.2 Å². The van der Waals surface area contributed by atoms with Gasteiger partial charge in [-0.05, 0) is 24.6 Å². The molecule has 0 aliphatic heterocycles. The van der Waals surface area contributed by atoms with Gasteiger partial charge in [0.05, 0.1) is 19.8 Å². The number of likely N-dealkylation sites (N-methyl/N-ethyl adjacent to an activating group) is 1. The van der Waals surface area contributed by atoms with Crippen LogP contribution in [0, 0.1) is 0 Å². The number of amides is 2. The Morgan fingerprint density at radius 1 is 1.36 bits per heavy atom. The van der Waals surface area contributed by atoms with E-state index in [1.54, 1.807) is 0 Å². The lowest BCUT2D eigenvalue weighted by molar-refractivity contribution is -0.155. The standard InChI is InChI=1S/C14H19F3N2O3/c1-9(8-20)19(2)13(21)18-12(14(15,16)17)10-4-6-11(22-3)7-5-10/h4-7,9,12,20H,8H2,1-3H3,(H,18,21)/t9-,12-/m1/s1. The maximum atomic E-state index is 13.2. The molecular formula is C14H19F3N2O3. The number of aliphatic hydroxyl groups excluding tert-OH is 1. The summed E-state index contributed by atoms with van der Waals surface area (Å²) in [4.78, 5) is 12.9.